The van der Waals surface area contributed by atoms with Gasteiger partial charge in [0.05, 0.1) is 0 Å². The number of ether oxygens (including phenoxy) is 1. The smallest absolute Gasteiger partial charge is 0.150 e. The predicted octanol–water partition coefficient (Wildman–Crippen LogP) is 3.46. The first-order valence-corrected chi connectivity index (χ1v) is 5.84. The molecule has 1 aliphatic rings. The van der Waals surface area contributed by atoms with Crippen LogP contribution in [0, 0.1) is 6.92 Å². The largest absolute Gasteiger partial charge is 0.489 e. The maximum absolute atomic E-state index is 10.6. The molecule has 2 nitrogen and oxygen atoms in total. The fraction of sp³-hybridized carbons (Fsp3) is 0.267. The van der Waals surface area contributed by atoms with Crippen molar-refractivity contribution in [3.63, 3.8) is 0 Å². The van der Waals surface area contributed by atoms with Crippen molar-refractivity contribution in [1.29, 1.82) is 0 Å². The van der Waals surface area contributed by atoms with Crippen LogP contribution in [0.25, 0.3) is 0 Å². The van der Waals surface area contributed by atoms with Gasteiger partial charge in [-0.25, -0.2) is 0 Å². The molecule has 2 heteroatoms. The summed E-state index contributed by atoms with van der Waals surface area (Å²) in [4.78, 5) is 10.6. The molecule has 0 saturated carbocycles. The van der Waals surface area contributed by atoms with Crippen molar-refractivity contribution in [2.75, 3.05) is 6.61 Å². The van der Waals surface area contributed by atoms with Gasteiger partial charge in [-0.1, -0.05) is 18.2 Å². The zero-order chi connectivity index (χ0) is 12.1. The lowest BCUT2D eigenvalue weighted by atomic mass is 10.1. The molecule has 0 heterocycles. The number of hydrogen-bond donors (Lipinski definition) is 0. The Bertz CT molecular complexity index is 470. The van der Waals surface area contributed by atoms with Gasteiger partial charge in [0.15, 0.2) is 0 Å². The van der Waals surface area contributed by atoms with Gasteiger partial charge in [-0.15, -0.1) is 0 Å². The summed E-state index contributed by atoms with van der Waals surface area (Å²) in [6.07, 6.45) is 9.55. The number of carbonyl (C=O) groups excluding carboxylic acids is 1. The second-order valence-corrected chi connectivity index (χ2v) is 4.19. The van der Waals surface area contributed by atoms with Crippen LogP contribution in [0.1, 0.15) is 28.8 Å². The van der Waals surface area contributed by atoms with Gasteiger partial charge >= 0.3 is 0 Å². The second-order valence-electron chi connectivity index (χ2n) is 4.19. The summed E-state index contributed by atoms with van der Waals surface area (Å²) in [5, 5.41) is 0. The molecule has 0 radical (unpaired) electrons. The minimum atomic E-state index is 0.595. The number of carbonyl (C=O) groups is 1. The fourth-order valence-corrected chi connectivity index (χ4v) is 1.84. The maximum Gasteiger partial charge on any atom is 0.150 e. The molecule has 1 aromatic rings. The Morgan fingerprint density at radius 2 is 2.24 bits per heavy atom. The normalized spacial score (nSPS) is 14.3. The first-order chi connectivity index (χ1) is 8.29. The molecule has 88 valence electrons. The van der Waals surface area contributed by atoms with E-state index in [0.29, 0.717) is 12.2 Å². The highest BCUT2D eigenvalue weighted by Gasteiger charge is 2.03. The third kappa shape index (κ3) is 3.06. The highest BCUT2D eigenvalue weighted by molar-refractivity contribution is 5.75. The summed E-state index contributed by atoms with van der Waals surface area (Å²) in [5.74, 6) is 0.843. The topological polar surface area (TPSA) is 26.3 Å². The minimum Gasteiger partial charge on any atom is -0.489 e. The SMILES string of the molecule is Cc1cc(C=O)ccc1OCC1=CCCC=C1. The van der Waals surface area contributed by atoms with Crippen molar-refractivity contribution in [3.8, 4) is 5.75 Å². The summed E-state index contributed by atoms with van der Waals surface area (Å²) in [6.45, 7) is 2.55. The highest BCUT2D eigenvalue weighted by Crippen LogP contribution is 2.20. The van der Waals surface area contributed by atoms with E-state index < -0.39 is 0 Å². The quantitative estimate of drug-likeness (QED) is 0.738. The van der Waals surface area contributed by atoms with Gasteiger partial charge in [0.25, 0.3) is 0 Å². The van der Waals surface area contributed by atoms with E-state index in [0.717, 1.165) is 30.4 Å². The maximum atomic E-state index is 10.6. The molecular weight excluding hydrogens is 212 g/mol. The molecule has 2 rings (SSSR count). The Morgan fingerprint density at radius 1 is 1.35 bits per heavy atom. The zero-order valence-corrected chi connectivity index (χ0v) is 9.98. The fourth-order valence-electron chi connectivity index (χ4n) is 1.84. The van der Waals surface area contributed by atoms with Gasteiger partial charge in [-0.2, -0.15) is 0 Å². The number of aldehydes is 1. The minimum absolute atomic E-state index is 0.595. The summed E-state index contributed by atoms with van der Waals surface area (Å²) in [7, 11) is 0. The van der Waals surface area contributed by atoms with E-state index in [4.69, 9.17) is 4.74 Å². The van der Waals surface area contributed by atoms with Crippen molar-refractivity contribution >= 4 is 6.29 Å². The van der Waals surface area contributed by atoms with E-state index >= 15 is 0 Å². The van der Waals surface area contributed by atoms with Gasteiger partial charge in [-0.05, 0) is 49.1 Å². The molecule has 0 amide bonds. The predicted molar refractivity (Wildman–Crippen MR) is 68.5 cm³/mol. The lowest BCUT2D eigenvalue weighted by Crippen LogP contribution is -2.02. The Morgan fingerprint density at radius 3 is 2.88 bits per heavy atom. The molecule has 0 aromatic heterocycles. The molecule has 1 aliphatic carbocycles. The van der Waals surface area contributed by atoms with Crippen LogP contribution in [-0.4, -0.2) is 12.9 Å². The lowest BCUT2D eigenvalue weighted by molar-refractivity contribution is 0.112. The van der Waals surface area contributed by atoms with Crippen LogP contribution in [-0.2, 0) is 0 Å². The molecule has 0 fully saturated rings. The van der Waals surface area contributed by atoms with E-state index in [1.165, 1.54) is 5.57 Å². The summed E-state index contributed by atoms with van der Waals surface area (Å²) >= 11 is 0. The van der Waals surface area contributed by atoms with Crippen molar-refractivity contribution in [1.82, 2.24) is 0 Å². The molecule has 0 atom stereocenters. The third-order valence-corrected chi connectivity index (χ3v) is 2.80. The number of aryl methyl sites for hydroxylation is 1. The molecule has 0 spiro atoms. The Balaban J connectivity index is 2.01. The molecule has 17 heavy (non-hydrogen) atoms. The standard InChI is InChI=1S/C15H16O2/c1-12-9-14(10-16)7-8-15(12)17-11-13-5-3-2-4-6-13/h3,5-10H,2,4,11H2,1H3. The van der Waals surface area contributed by atoms with Crippen molar-refractivity contribution in [2.45, 2.75) is 19.8 Å². The molecule has 0 saturated heterocycles. The number of rotatable bonds is 4. The first-order valence-electron chi connectivity index (χ1n) is 5.84. The first kappa shape index (κ1) is 11.6. The van der Waals surface area contributed by atoms with Crippen LogP contribution in [0.5, 0.6) is 5.75 Å². The van der Waals surface area contributed by atoms with E-state index in [-0.39, 0.29) is 0 Å². The molecular formula is C15H16O2. The molecule has 0 aliphatic heterocycles. The van der Waals surface area contributed by atoms with Crippen LogP contribution < -0.4 is 4.74 Å². The van der Waals surface area contributed by atoms with Gasteiger partial charge < -0.3 is 4.74 Å². The van der Waals surface area contributed by atoms with E-state index in [9.17, 15) is 4.79 Å². The Kier molecular flexibility index (Phi) is 3.76. The molecule has 0 unspecified atom stereocenters. The van der Waals surface area contributed by atoms with E-state index in [1.807, 2.05) is 19.1 Å². The lowest BCUT2D eigenvalue weighted by Gasteiger charge is -2.11. The van der Waals surface area contributed by atoms with Crippen molar-refractivity contribution < 1.29 is 9.53 Å². The van der Waals surface area contributed by atoms with E-state index in [1.54, 1.807) is 6.07 Å². The molecule has 0 N–H and O–H groups in total. The average molecular weight is 228 g/mol. The average Bonchev–Trinajstić information content (AvgIpc) is 2.38. The van der Waals surface area contributed by atoms with Gasteiger partial charge in [0, 0.05) is 5.56 Å². The van der Waals surface area contributed by atoms with Gasteiger partial charge in [-0.3, -0.25) is 4.79 Å². The number of hydrogen-bond acceptors (Lipinski definition) is 2. The summed E-state index contributed by atoms with van der Waals surface area (Å²) in [6, 6.07) is 5.47. The third-order valence-electron chi connectivity index (χ3n) is 2.80. The summed E-state index contributed by atoms with van der Waals surface area (Å²) < 4.78 is 5.74. The van der Waals surface area contributed by atoms with Crippen LogP contribution in [0.15, 0.2) is 42.0 Å². The van der Waals surface area contributed by atoms with Crippen LogP contribution in [0.4, 0.5) is 0 Å². The Labute approximate surface area is 102 Å². The van der Waals surface area contributed by atoms with Crippen LogP contribution in [0.3, 0.4) is 0 Å². The Hall–Kier alpha value is -1.83. The zero-order valence-electron chi connectivity index (χ0n) is 9.98. The number of benzene rings is 1. The monoisotopic (exact) mass is 228 g/mol. The van der Waals surface area contributed by atoms with Crippen molar-refractivity contribution in [3.05, 3.63) is 53.1 Å². The van der Waals surface area contributed by atoms with Crippen LogP contribution >= 0.6 is 0 Å². The van der Waals surface area contributed by atoms with Gasteiger partial charge in [0.2, 0.25) is 0 Å². The molecule has 1 aromatic carbocycles. The van der Waals surface area contributed by atoms with Crippen molar-refractivity contribution in [2.24, 2.45) is 0 Å². The van der Waals surface area contributed by atoms with E-state index in [2.05, 4.69) is 18.2 Å². The second kappa shape index (κ2) is 5.48. The molecule has 0 bridgehead atoms. The van der Waals surface area contributed by atoms with Crippen LogP contribution in [0.2, 0.25) is 0 Å². The summed E-state index contributed by atoms with van der Waals surface area (Å²) in [5.41, 5.74) is 2.90. The number of allylic oxidation sites excluding steroid dienone is 2. The van der Waals surface area contributed by atoms with Gasteiger partial charge in [0.1, 0.15) is 18.6 Å². The highest BCUT2D eigenvalue weighted by atomic mass is 16.5.